The second-order valence-electron chi connectivity index (χ2n) is 8.51. The van der Waals surface area contributed by atoms with Crippen LogP contribution in [0.4, 0.5) is 5.82 Å². The number of nitrogens with one attached hydrogen (secondary N) is 1. The van der Waals surface area contributed by atoms with Crippen LogP contribution in [0.5, 0.6) is 0 Å². The lowest BCUT2D eigenvalue weighted by Gasteiger charge is -2.18. The lowest BCUT2D eigenvalue weighted by atomic mass is 10.1. The lowest BCUT2D eigenvalue weighted by Crippen LogP contribution is -2.25. The Kier molecular flexibility index (Phi) is 8.79. The van der Waals surface area contributed by atoms with Gasteiger partial charge in [-0.25, -0.2) is 9.67 Å². The van der Waals surface area contributed by atoms with Crippen molar-refractivity contribution in [3.05, 3.63) is 81.0 Å². The van der Waals surface area contributed by atoms with Gasteiger partial charge >= 0.3 is 0 Å². The van der Waals surface area contributed by atoms with Crippen LogP contribution in [0.3, 0.4) is 0 Å². The van der Waals surface area contributed by atoms with Crippen molar-refractivity contribution in [1.29, 1.82) is 0 Å². The molecule has 1 aromatic heterocycles. The first-order valence-electron chi connectivity index (χ1n) is 11.1. The van der Waals surface area contributed by atoms with Gasteiger partial charge in [0.15, 0.2) is 5.82 Å². The molecule has 3 aromatic rings. The van der Waals surface area contributed by atoms with Gasteiger partial charge in [0.05, 0.1) is 17.3 Å². The maximum atomic E-state index is 4.86. The molecule has 0 spiro atoms. The highest BCUT2D eigenvalue weighted by atomic mass is 79.9. The van der Waals surface area contributed by atoms with Gasteiger partial charge in [0.2, 0.25) is 0 Å². The molecule has 0 saturated carbocycles. The van der Waals surface area contributed by atoms with Crippen molar-refractivity contribution in [2.75, 3.05) is 20.1 Å². The van der Waals surface area contributed by atoms with Crippen LogP contribution in [0.25, 0.3) is 0 Å². The minimum atomic E-state index is 0.631. The van der Waals surface area contributed by atoms with E-state index in [4.69, 9.17) is 4.99 Å². The van der Waals surface area contributed by atoms with Crippen LogP contribution in [0.1, 0.15) is 41.2 Å². The quantitative estimate of drug-likeness (QED) is 0.286. The topological polar surface area (TPSA) is 45.5 Å². The van der Waals surface area contributed by atoms with E-state index in [1.54, 1.807) is 0 Å². The Morgan fingerprint density at radius 1 is 1.12 bits per heavy atom. The number of benzene rings is 2. The summed E-state index contributed by atoms with van der Waals surface area (Å²) in [6.45, 7) is 12.1. The minimum absolute atomic E-state index is 0.631. The summed E-state index contributed by atoms with van der Waals surface area (Å²) in [5.41, 5.74) is 7.46. The van der Waals surface area contributed by atoms with Crippen molar-refractivity contribution < 1.29 is 0 Å². The number of rotatable bonds is 10. The van der Waals surface area contributed by atoms with E-state index < -0.39 is 0 Å². The second kappa shape index (κ2) is 11.5. The van der Waals surface area contributed by atoms with Crippen LogP contribution in [-0.2, 0) is 13.2 Å². The summed E-state index contributed by atoms with van der Waals surface area (Å²) in [5, 5.41) is 7.98. The van der Waals surface area contributed by atoms with Gasteiger partial charge in [0, 0.05) is 12.3 Å². The minimum Gasteiger partial charge on any atom is -0.302 e. The maximum absolute atomic E-state index is 4.86. The fourth-order valence-electron chi connectivity index (χ4n) is 3.78. The summed E-state index contributed by atoms with van der Waals surface area (Å²) in [6.07, 6.45) is 2.88. The number of hydrogen-bond donors (Lipinski definition) is 1. The Morgan fingerprint density at radius 3 is 2.69 bits per heavy atom. The van der Waals surface area contributed by atoms with Crippen molar-refractivity contribution in [1.82, 2.24) is 20.0 Å². The van der Waals surface area contributed by atoms with Crippen molar-refractivity contribution in [3.63, 3.8) is 0 Å². The molecule has 0 amide bonds. The SMILES string of the molecule is C/C(=N\c1c(Br)cnn1CNCCCN(C)Cc1cc(C)ccc1C)c1ccccc1C. The first kappa shape index (κ1) is 24.4. The summed E-state index contributed by atoms with van der Waals surface area (Å²) in [7, 11) is 2.19. The molecule has 0 saturated heterocycles. The monoisotopic (exact) mass is 495 g/mol. The van der Waals surface area contributed by atoms with E-state index in [9.17, 15) is 0 Å². The smallest absolute Gasteiger partial charge is 0.166 e. The molecule has 0 aliphatic rings. The summed E-state index contributed by atoms with van der Waals surface area (Å²) in [6, 6.07) is 15.0. The second-order valence-corrected chi connectivity index (χ2v) is 9.36. The van der Waals surface area contributed by atoms with Gasteiger partial charge in [-0.1, -0.05) is 48.0 Å². The molecule has 6 heteroatoms. The molecule has 0 atom stereocenters. The highest BCUT2D eigenvalue weighted by Gasteiger charge is 2.10. The van der Waals surface area contributed by atoms with Crippen molar-refractivity contribution in [2.24, 2.45) is 4.99 Å². The predicted molar refractivity (Wildman–Crippen MR) is 138 cm³/mol. The molecule has 1 N–H and O–H groups in total. The van der Waals surface area contributed by atoms with E-state index in [-0.39, 0.29) is 0 Å². The van der Waals surface area contributed by atoms with E-state index in [0.29, 0.717) is 6.67 Å². The Morgan fingerprint density at radius 2 is 1.91 bits per heavy atom. The number of aromatic nitrogens is 2. The zero-order valence-corrected chi connectivity index (χ0v) is 21.4. The molecule has 0 unspecified atom stereocenters. The van der Waals surface area contributed by atoms with Gasteiger partial charge in [-0.3, -0.25) is 5.32 Å². The van der Waals surface area contributed by atoms with Gasteiger partial charge in [0.1, 0.15) is 0 Å². The molecule has 0 bridgehead atoms. The van der Waals surface area contributed by atoms with E-state index >= 15 is 0 Å². The Hall–Kier alpha value is -2.28. The fourth-order valence-corrected chi connectivity index (χ4v) is 4.17. The number of nitrogens with zero attached hydrogens (tertiary/aromatic N) is 4. The third-order valence-electron chi connectivity index (χ3n) is 5.68. The van der Waals surface area contributed by atoms with Crippen LogP contribution in [0, 0.1) is 20.8 Å². The average Bonchev–Trinajstić information content (AvgIpc) is 3.10. The third kappa shape index (κ3) is 6.61. The van der Waals surface area contributed by atoms with E-state index in [2.05, 4.69) is 95.5 Å². The Balaban J connectivity index is 1.50. The standard InChI is InChI=1S/C26H34BrN5/c1-19-11-12-20(2)23(15-19)17-31(5)14-8-13-28-18-32-26(25(27)16-29-32)30-22(4)24-10-7-6-9-21(24)3/h6-7,9-12,15-16,28H,8,13-14,17-18H2,1-5H3/b30-22+. The molecule has 0 aliphatic heterocycles. The van der Waals surface area contributed by atoms with Crippen molar-refractivity contribution in [3.8, 4) is 0 Å². The van der Waals surface area contributed by atoms with Gasteiger partial charge in [-0.2, -0.15) is 5.10 Å². The number of aryl methyl sites for hydroxylation is 3. The van der Waals surface area contributed by atoms with Crippen LogP contribution in [0.2, 0.25) is 0 Å². The average molecular weight is 496 g/mol. The van der Waals surface area contributed by atoms with Crippen LogP contribution in [-0.4, -0.2) is 40.5 Å². The number of aliphatic imine (C=N–C) groups is 1. The zero-order chi connectivity index (χ0) is 23.1. The van der Waals surface area contributed by atoms with Crippen molar-refractivity contribution >= 4 is 27.5 Å². The molecule has 5 nitrogen and oxygen atoms in total. The van der Waals surface area contributed by atoms with Crippen LogP contribution < -0.4 is 5.32 Å². The molecule has 0 aliphatic carbocycles. The Labute approximate surface area is 200 Å². The molecule has 32 heavy (non-hydrogen) atoms. The normalized spacial score (nSPS) is 12.0. The summed E-state index contributed by atoms with van der Waals surface area (Å²) in [4.78, 5) is 7.25. The lowest BCUT2D eigenvalue weighted by molar-refractivity contribution is 0.316. The molecule has 1 heterocycles. The van der Waals surface area contributed by atoms with Gasteiger partial charge in [-0.15, -0.1) is 0 Å². The molecule has 170 valence electrons. The van der Waals surface area contributed by atoms with Crippen LogP contribution >= 0.6 is 15.9 Å². The maximum Gasteiger partial charge on any atom is 0.166 e. The highest BCUT2D eigenvalue weighted by Crippen LogP contribution is 2.26. The predicted octanol–water partition coefficient (Wildman–Crippen LogP) is 5.78. The summed E-state index contributed by atoms with van der Waals surface area (Å²) < 4.78 is 2.81. The number of halogens is 1. The van der Waals surface area contributed by atoms with E-state index in [1.165, 1.54) is 22.3 Å². The number of hydrogen-bond acceptors (Lipinski definition) is 4. The van der Waals surface area contributed by atoms with Crippen LogP contribution in [0.15, 0.2) is 58.1 Å². The van der Waals surface area contributed by atoms with Gasteiger partial charge in [0.25, 0.3) is 0 Å². The van der Waals surface area contributed by atoms with Crippen molar-refractivity contribution in [2.45, 2.75) is 47.3 Å². The molecule has 2 aromatic carbocycles. The molecular weight excluding hydrogens is 462 g/mol. The zero-order valence-electron chi connectivity index (χ0n) is 19.8. The largest absolute Gasteiger partial charge is 0.302 e. The summed E-state index contributed by atoms with van der Waals surface area (Å²) >= 11 is 3.60. The first-order valence-corrected chi connectivity index (χ1v) is 11.9. The van der Waals surface area contributed by atoms with Gasteiger partial charge in [-0.05, 0) is 92.4 Å². The molecule has 0 radical (unpaired) electrons. The first-order chi connectivity index (χ1) is 15.3. The molecule has 0 fully saturated rings. The van der Waals surface area contributed by atoms with Gasteiger partial charge < -0.3 is 4.90 Å². The third-order valence-corrected chi connectivity index (χ3v) is 6.24. The van der Waals surface area contributed by atoms with E-state index in [0.717, 1.165) is 47.6 Å². The van der Waals surface area contributed by atoms with E-state index in [1.807, 2.05) is 23.9 Å². The molecule has 3 rings (SSSR count). The highest BCUT2D eigenvalue weighted by molar-refractivity contribution is 9.10. The summed E-state index contributed by atoms with van der Waals surface area (Å²) in [5.74, 6) is 0.838. The fraction of sp³-hybridized carbons (Fsp3) is 0.385. The molecular formula is C26H34BrN5. The Bertz CT molecular complexity index is 1070.